The van der Waals surface area contributed by atoms with Crippen molar-refractivity contribution in [3.05, 3.63) is 11.6 Å². The van der Waals surface area contributed by atoms with Crippen molar-refractivity contribution < 1.29 is 99.2 Å². The molecule has 9 fully saturated rings. The first-order valence-electron chi connectivity index (χ1n) is 26.9. The Balaban J connectivity index is 0.795. The number of allylic oxidation sites excluding steroid dienone is 1. The third-order valence-electron chi connectivity index (χ3n) is 20.1. The highest BCUT2D eigenvalue weighted by Crippen LogP contribution is 2.70. The topological polar surface area (TPSA) is 320 Å². The third-order valence-corrected chi connectivity index (χ3v) is 20.1. The molecule has 6 heterocycles. The summed E-state index contributed by atoms with van der Waals surface area (Å²) in [6.45, 7) is 10.5. The molecule has 6 saturated heterocycles. The van der Waals surface area contributed by atoms with E-state index >= 15 is 0 Å². The number of ether oxygens (including phenoxy) is 8. The molecule has 4 aliphatic carbocycles. The molecule has 12 N–H and O–H groups in total. The van der Waals surface area contributed by atoms with Crippen LogP contribution in [0.15, 0.2) is 11.6 Å². The van der Waals surface area contributed by atoms with Gasteiger partial charge in [-0.05, 0) is 111 Å². The number of hydrogen-bond donors (Lipinski definition) is 12. The predicted octanol–water partition coefficient (Wildman–Crippen LogP) is -2.02. The van der Waals surface area contributed by atoms with Gasteiger partial charge in [-0.25, -0.2) is 0 Å². The Bertz CT molecular complexity index is 1900. The van der Waals surface area contributed by atoms with Crippen LogP contribution in [0.2, 0.25) is 0 Å². The van der Waals surface area contributed by atoms with E-state index in [9.17, 15) is 61.3 Å². The van der Waals surface area contributed by atoms with Crippen LogP contribution < -0.4 is 0 Å². The molecule has 0 aromatic rings. The molecule has 3 saturated carbocycles. The number of fused-ring (bicyclic) bond motifs is 9. The van der Waals surface area contributed by atoms with E-state index in [1.165, 1.54) is 51.1 Å². The average molecular weight is 1030 g/mol. The summed E-state index contributed by atoms with van der Waals surface area (Å²) in [5.41, 5.74) is 1.71. The molecule has 21 nitrogen and oxygen atoms in total. The maximum atomic E-state index is 11.5. The number of aliphatic hydroxyl groups is 12. The van der Waals surface area contributed by atoms with E-state index < -0.39 is 143 Å². The van der Waals surface area contributed by atoms with Crippen LogP contribution in [-0.4, -0.2) is 234 Å². The first-order valence-corrected chi connectivity index (χ1v) is 26.9. The summed E-state index contributed by atoms with van der Waals surface area (Å²) in [4.78, 5) is 2.93. The van der Waals surface area contributed by atoms with Gasteiger partial charge in [0.2, 0.25) is 0 Å². The van der Waals surface area contributed by atoms with Crippen LogP contribution in [0.25, 0.3) is 0 Å². The molecule has 0 amide bonds. The molecular weight excluding hydrogens is 947 g/mol. The quantitative estimate of drug-likeness (QED) is 0.0995. The molecule has 412 valence electrons. The number of nitrogens with zero attached hydrogens (tertiary/aromatic N) is 1. The minimum atomic E-state index is -1.93. The maximum Gasteiger partial charge on any atom is 0.187 e. The Kier molecular flexibility index (Phi) is 15.8. The fourth-order valence-electron chi connectivity index (χ4n) is 16.3. The molecule has 31 unspecified atom stereocenters. The lowest BCUT2D eigenvalue weighted by molar-refractivity contribution is -0.391. The second-order valence-electron chi connectivity index (χ2n) is 24.0. The summed E-state index contributed by atoms with van der Waals surface area (Å²) in [6.07, 6.45) is -20.9. The predicted molar refractivity (Wildman–Crippen MR) is 248 cm³/mol. The summed E-state index contributed by atoms with van der Waals surface area (Å²) in [6, 6.07) is 1.41. The third kappa shape index (κ3) is 9.09. The van der Waals surface area contributed by atoms with Gasteiger partial charge in [0.25, 0.3) is 0 Å². The van der Waals surface area contributed by atoms with E-state index in [4.69, 9.17) is 37.9 Å². The Morgan fingerprint density at radius 1 is 0.569 bits per heavy atom. The Labute approximate surface area is 420 Å². The van der Waals surface area contributed by atoms with Gasteiger partial charge in [0.1, 0.15) is 91.6 Å². The van der Waals surface area contributed by atoms with Crippen LogP contribution in [0.3, 0.4) is 0 Å². The molecule has 10 rings (SSSR count). The van der Waals surface area contributed by atoms with Crippen LogP contribution in [0.4, 0.5) is 0 Å². The molecule has 31 atom stereocenters. The minimum Gasteiger partial charge on any atom is -0.394 e. The van der Waals surface area contributed by atoms with E-state index in [1.54, 1.807) is 0 Å². The molecule has 72 heavy (non-hydrogen) atoms. The van der Waals surface area contributed by atoms with E-state index in [0.29, 0.717) is 42.1 Å². The lowest BCUT2D eigenvalue weighted by atomic mass is 9.47. The summed E-state index contributed by atoms with van der Waals surface area (Å²) in [7, 11) is 0. The summed E-state index contributed by atoms with van der Waals surface area (Å²) < 4.78 is 47.6. The van der Waals surface area contributed by atoms with Crippen molar-refractivity contribution in [2.45, 2.75) is 233 Å². The van der Waals surface area contributed by atoms with Gasteiger partial charge in [0, 0.05) is 18.6 Å². The second-order valence-corrected chi connectivity index (χ2v) is 24.0. The molecule has 10 aliphatic rings. The number of piperidine rings is 1. The second kappa shape index (κ2) is 20.9. The smallest absolute Gasteiger partial charge is 0.187 e. The molecule has 0 radical (unpaired) electrons. The molecule has 21 heteroatoms. The zero-order valence-electron chi connectivity index (χ0n) is 42.1. The van der Waals surface area contributed by atoms with Crippen molar-refractivity contribution in [1.29, 1.82) is 0 Å². The number of hydrogen-bond acceptors (Lipinski definition) is 21. The average Bonchev–Trinajstić information content (AvgIpc) is 3.83. The van der Waals surface area contributed by atoms with Gasteiger partial charge in [0.05, 0.1) is 32.0 Å². The molecule has 0 aromatic carbocycles. The Morgan fingerprint density at radius 3 is 1.85 bits per heavy atom. The molecule has 0 spiro atoms. The lowest BCUT2D eigenvalue weighted by Crippen LogP contribution is -2.67. The number of aliphatic hydroxyl groups excluding tert-OH is 12. The van der Waals surface area contributed by atoms with Crippen molar-refractivity contribution in [3.63, 3.8) is 0 Å². The minimum absolute atomic E-state index is 0.00293. The van der Waals surface area contributed by atoms with Crippen molar-refractivity contribution in [3.8, 4) is 0 Å². The van der Waals surface area contributed by atoms with E-state index in [2.05, 4.69) is 38.7 Å². The van der Waals surface area contributed by atoms with Crippen molar-refractivity contribution in [2.75, 3.05) is 26.4 Å². The van der Waals surface area contributed by atoms with Gasteiger partial charge in [-0.15, -0.1) is 0 Å². The first kappa shape index (κ1) is 54.3. The van der Waals surface area contributed by atoms with Gasteiger partial charge in [-0.3, -0.25) is 4.90 Å². The van der Waals surface area contributed by atoms with Crippen molar-refractivity contribution in [1.82, 2.24) is 4.90 Å². The molecular formula is C51H83NO20. The van der Waals surface area contributed by atoms with Gasteiger partial charge >= 0.3 is 0 Å². The Morgan fingerprint density at radius 2 is 1.15 bits per heavy atom. The van der Waals surface area contributed by atoms with Gasteiger partial charge in [-0.2, -0.15) is 0 Å². The monoisotopic (exact) mass is 1030 g/mol. The van der Waals surface area contributed by atoms with Crippen LogP contribution in [-0.2, 0) is 37.9 Å². The maximum absolute atomic E-state index is 11.5. The van der Waals surface area contributed by atoms with E-state index in [0.717, 1.165) is 36.6 Å². The highest BCUT2D eigenvalue weighted by atomic mass is 16.8. The van der Waals surface area contributed by atoms with Crippen LogP contribution in [0.5, 0.6) is 0 Å². The van der Waals surface area contributed by atoms with Crippen LogP contribution in [0, 0.1) is 46.3 Å². The lowest BCUT2D eigenvalue weighted by Gasteiger charge is -2.58. The standard InChI is InChI=1S/C51H83NO20/c1-20-6-9-28-21(2)33-29(52(28)16-20)15-27-25-8-7-23-14-24(10-12-50(23,4)26(25)11-13-51(27,33)5)66-49-45(38(60)35(57)31(18-54)69-49)72-46-41(63)39(61)43(22(3)65-46)70-48-42(64)44(36(58)32(19-55)68-48)71-47-40(62)37(59)34(56)30(17-53)67-47/h7,20-22,24-49,53-64H,6,8-19H2,1-5H3. The zero-order chi connectivity index (χ0) is 51.5. The number of rotatable bonds is 11. The van der Waals surface area contributed by atoms with Gasteiger partial charge in [0.15, 0.2) is 25.2 Å². The highest BCUT2D eigenvalue weighted by molar-refractivity contribution is 5.27. The van der Waals surface area contributed by atoms with Crippen LogP contribution in [0.1, 0.15) is 92.4 Å². The normalized spacial score (nSPS) is 56.8. The molecule has 0 aromatic heterocycles. The Hall–Kier alpha value is -1.10. The van der Waals surface area contributed by atoms with Crippen molar-refractivity contribution in [2.24, 2.45) is 46.3 Å². The largest absolute Gasteiger partial charge is 0.394 e. The van der Waals surface area contributed by atoms with Gasteiger partial charge in [-0.1, -0.05) is 39.3 Å². The highest BCUT2D eigenvalue weighted by Gasteiger charge is 2.67. The summed E-state index contributed by atoms with van der Waals surface area (Å²) >= 11 is 0. The fourth-order valence-corrected chi connectivity index (χ4v) is 16.3. The molecule has 0 bridgehead atoms. The van der Waals surface area contributed by atoms with Crippen LogP contribution >= 0.6 is 0 Å². The van der Waals surface area contributed by atoms with E-state index in [1.807, 2.05) is 0 Å². The molecule has 6 aliphatic heterocycles. The SMILES string of the molecule is CC1CCC2C(C)C3C(CC4C5CC=C6CC(OC7OC(CO)C(O)C(O)C7OC7OC(C)C(OC8OC(CO)C(O)C(OC9OC(CO)C(O)C(O)C9O)C8O)C(O)C7O)CCC6(C)C5CCC43C)N2C1. The van der Waals surface area contributed by atoms with E-state index in [-0.39, 0.29) is 11.5 Å². The first-order chi connectivity index (χ1) is 34.2. The van der Waals surface area contributed by atoms with Crippen molar-refractivity contribution >= 4 is 0 Å². The summed E-state index contributed by atoms with van der Waals surface area (Å²) in [5, 5.41) is 129. The van der Waals surface area contributed by atoms with Gasteiger partial charge < -0.3 is 99.2 Å². The fraction of sp³-hybridized carbons (Fsp3) is 0.961. The summed E-state index contributed by atoms with van der Waals surface area (Å²) in [5.74, 6) is 4.10. The zero-order valence-corrected chi connectivity index (χ0v) is 42.1.